The van der Waals surface area contributed by atoms with E-state index in [0.29, 0.717) is 12.0 Å². The quantitative estimate of drug-likeness (QED) is 0.801. The van der Waals surface area contributed by atoms with Gasteiger partial charge in [0, 0.05) is 12.2 Å². The number of pyridine rings is 1. The molecular weight excluding hydrogens is 184 g/mol. The second kappa shape index (κ2) is 5.86. The number of rotatable bonds is 5. The molecule has 0 aliphatic carbocycles. The van der Waals surface area contributed by atoms with Crippen molar-refractivity contribution in [1.82, 2.24) is 10.3 Å². The molecule has 0 aromatic carbocycles. The Kier molecular flexibility index (Phi) is 4.76. The molecular formula is C13H22N2. The van der Waals surface area contributed by atoms with Crippen LogP contribution in [0, 0.1) is 11.8 Å². The third kappa shape index (κ3) is 4.00. The SMILES string of the molecule is CC(NCC(C)C(C)C)c1ccccn1. The molecule has 15 heavy (non-hydrogen) atoms. The third-order valence-electron chi connectivity index (χ3n) is 3.02. The van der Waals surface area contributed by atoms with Crippen LogP contribution in [-0.4, -0.2) is 11.5 Å². The number of hydrogen-bond acceptors (Lipinski definition) is 2. The van der Waals surface area contributed by atoms with Crippen LogP contribution in [0.1, 0.15) is 39.4 Å². The van der Waals surface area contributed by atoms with Crippen molar-refractivity contribution in [1.29, 1.82) is 0 Å². The van der Waals surface area contributed by atoms with Gasteiger partial charge in [-0.25, -0.2) is 0 Å². The van der Waals surface area contributed by atoms with Crippen LogP contribution in [0.25, 0.3) is 0 Å². The highest BCUT2D eigenvalue weighted by atomic mass is 14.9. The molecule has 0 bridgehead atoms. The second-order valence-electron chi connectivity index (χ2n) is 4.61. The van der Waals surface area contributed by atoms with E-state index in [9.17, 15) is 0 Å². The molecule has 2 unspecified atom stereocenters. The Morgan fingerprint density at radius 2 is 1.93 bits per heavy atom. The smallest absolute Gasteiger partial charge is 0.0570 e. The van der Waals surface area contributed by atoms with E-state index in [0.717, 1.165) is 18.2 Å². The van der Waals surface area contributed by atoms with Crippen LogP contribution in [0.2, 0.25) is 0 Å². The van der Waals surface area contributed by atoms with Gasteiger partial charge in [0.05, 0.1) is 5.69 Å². The standard InChI is InChI=1S/C13H22N2/c1-10(2)11(3)9-15-12(4)13-7-5-6-8-14-13/h5-8,10-12,15H,9H2,1-4H3. The summed E-state index contributed by atoms with van der Waals surface area (Å²) < 4.78 is 0. The molecule has 1 aromatic heterocycles. The van der Waals surface area contributed by atoms with Crippen LogP contribution in [0.3, 0.4) is 0 Å². The van der Waals surface area contributed by atoms with Crippen LogP contribution >= 0.6 is 0 Å². The maximum absolute atomic E-state index is 4.34. The lowest BCUT2D eigenvalue weighted by molar-refractivity contribution is 0.374. The molecule has 84 valence electrons. The second-order valence-corrected chi connectivity index (χ2v) is 4.61. The lowest BCUT2D eigenvalue weighted by Gasteiger charge is -2.19. The fourth-order valence-electron chi connectivity index (χ4n) is 1.34. The molecule has 1 N–H and O–H groups in total. The summed E-state index contributed by atoms with van der Waals surface area (Å²) >= 11 is 0. The van der Waals surface area contributed by atoms with Gasteiger partial charge in [-0.1, -0.05) is 26.8 Å². The highest BCUT2D eigenvalue weighted by molar-refractivity contribution is 5.07. The Balaban J connectivity index is 2.40. The minimum absolute atomic E-state index is 0.340. The van der Waals surface area contributed by atoms with E-state index in [2.05, 4.69) is 44.1 Å². The van der Waals surface area contributed by atoms with E-state index in [4.69, 9.17) is 0 Å². The topological polar surface area (TPSA) is 24.9 Å². The van der Waals surface area contributed by atoms with Crippen LogP contribution < -0.4 is 5.32 Å². The van der Waals surface area contributed by atoms with Crippen molar-refractivity contribution >= 4 is 0 Å². The monoisotopic (exact) mass is 206 g/mol. The first-order chi connectivity index (χ1) is 7.11. The molecule has 0 amide bonds. The summed E-state index contributed by atoms with van der Waals surface area (Å²) in [7, 11) is 0. The summed E-state index contributed by atoms with van der Waals surface area (Å²) in [5.41, 5.74) is 1.12. The minimum Gasteiger partial charge on any atom is -0.309 e. The summed E-state index contributed by atoms with van der Waals surface area (Å²) in [4.78, 5) is 4.34. The fourth-order valence-corrected chi connectivity index (χ4v) is 1.34. The average molecular weight is 206 g/mol. The van der Waals surface area contributed by atoms with E-state index in [1.165, 1.54) is 0 Å². The van der Waals surface area contributed by atoms with Crippen molar-refractivity contribution in [3.8, 4) is 0 Å². The molecule has 0 saturated carbocycles. The van der Waals surface area contributed by atoms with Crippen LogP contribution in [0.15, 0.2) is 24.4 Å². The summed E-state index contributed by atoms with van der Waals surface area (Å²) in [5.74, 6) is 1.43. The molecule has 1 heterocycles. The highest BCUT2D eigenvalue weighted by Gasteiger charge is 2.10. The Morgan fingerprint density at radius 1 is 1.20 bits per heavy atom. The zero-order chi connectivity index (χ0) is 11.3. The molecule has 0 radical (unpaired) electrons. The molecule has 1 aromatic rings. The first-order valence-corrected chi connectivity index (χ1v) is 5.75. The summed E-state index contributed by atoms with van der Waals surface area (Å²) in [6.07, 6.45) is 1.85. The number of nitrogens with zero attached hydrogens (tertiary/aromatic N) is 1. The first-order valence-electron chi connectivity index (χ1n) is 5.75. The molecule has 1 rings (SSSR count). The van der Waals surface area contributed by atoms with Gasteiger partial charge in [-0.3, -0.25) is 4.98 Å². The Bertz CT molecular complexity index is 269. The van der Waals surface area contributed by atoms with Crippen LogP contribution in [0.4, 0.5) is 0 Å². The van der Waals surface area contributed by atoms with Crippen LogP contribution in [-0.2, 0) is 0 Å². The minimum atomic E-state index is 0.340. The van der Waals surface area contributed by atoms with Gasteiger partial charge in [-0.15, -0.1) is 0 Å². The molecule has 0 spiro atoms. The first kappa shape index (κ1) is 12.2. The lowest BCUT2D eigenvalue weighted by Crippen LogP contribution is -2.27. The third-order valence-corrected chi connectivity index (χ3v) is 3.02. The number of nitrogens with one attached hydrogen (secondary N) is 1. The Hall–Kier alpha value is -0.890. The van der Waals surface area contributed by atoms with Gasteiger partial charge in [0.15, 0.2) is 0 Å². The van der Waals surface area contributed by atoms with Crippen molar-refractivity contribution in [3.63, 3.8) is 0 Å². The maximum atomic E-state index is 4.34. The van der Waals surface area contributed by atoms with Gasteiger partial charge < -0.3 is 5.32 Å². The predicted octanol–water partition coefficient (Wildman–Crippen LogP) is 3.02. The zero-order valence-corrected chi connectivity index (χ0v) is 10.2. The Morgan fingerprint density at radius 3 is 2.47 bits per heavy atom. The average Bonchev–Trinajstić information content (AvgIpc) is 2.26. The van der Waals surface area contributed by atoms with Crippen molar-refractivity contribution in [2.45, 2.75) is 33.7 Å². The summed E-state index contributed by atoms with van der Waals surface area (Å²) in [5, 5.41) is 3.52. The van der Waals surface area contributed by atoms with Gasteiger partial charge in [0.1, 0.15) is 0 Å². The normalized spacial score (nSPS) is 15.3. The maximum Gasteiger partial charge on any atom is 0.0570 e. The summed E-state index contributed by atoms with van der Waals surface area (Å²) in [6.45, 7) is 10.0. The molecule has 2 atom stereocenters. The van der Waals surface area contributed by atoms with Crippen LogP contribution in [0.5, 0.6) is 0 Å². The molecule has 2 nitrogen and oxygen atoms in total. The largest absolute Gasteiger partial charge is 0.309 e. The van der Waals surface area contributed by atoms with Crippen molar-refractivity contribution in [2.24, 2.45) is 11.8 Å². The number of hydrogen-bond donors (Lipinski definition) is 1. The molecule has 0 aliphatic heterocycles. The highest BCUT2D eigenvalue weighted by Crippen LogP contribution is 2.12. The number of aromatic nitrogens is 1. The van der Waals surface area contributed by atoms with Gasteiger partial charge >= 0.3 is 0 Å². The van der Waals surface area contributed by atoms with Gasteiger partial charge in [-0.2, -0.15) is 0 Å². The summed E-state index contributed by atoms with van der Waals surface area (Å²) in [6, 6.07) is 6.39. The van der Waals surface area contributed by atoms with Gasteiger partial charge in [-0.05, 0) is 37.4 Å². The Labute approximate surface area is 93.1 Å². The van der Waals surface area contributed by atoms with Crippen molar-refractivity contribution < 1.29 is 0 Å². The van der Waals surface area contributed by atoms with Gasteiger partial charge in [0.25, 0.3) is 0 Å². The molecule has 0 fully saturated rings. The molecule has 2 heteroatoms. The lowest BCUT2D eigenvalue weighted by atomic mass is 9.98. The van der Waals surface area contributed by atoms with E-state index in [1.54, 1.807) is 0 Å². The molecule has 0 saturated heterocycles. The zero-order valence-electron chi connectivity index (χ0n) is 10.2. The molecule has 0 aliphatic rings. The van der Waals surface area contributed by atoms with Crippen molar-refractivity contribution in [3.05, 3.63) is 30.1 Å². The fraction of sp³-hybridized carbons (Fsp3) is 0.615. The van der Waals surface area contributed by atoms with E-state index in [-0.39, 0.29) is 0 Å². The van der Waals surface area contributed by atoms with Crippen molar-refractivity contribution in [2.75, 3.05) is 6.54 Å². The predicted molar refractivity (Wildman–Crippen MR) is 64.7 cm³/mol. The van der Waals surface area contributed by atoms with Gasteiger partial charge in [0.2, 0.25) is 0 Å². The van der Waals surface area contributed by atoms with E-state index in [1.807, 2.05) is 18.3 Å². The van der Waals surface area contributed by atoms with E-state index < -0.39 is 0 Å². The van der Waals surface area contributed by atoms with E-state index >= 15 is 0 Å².